The van der Waals surface area contributed by atoms with Gasteiger partial charge in [-0.05, 0) is 24.3 Å². The molecule has 3 rings (SSSR count). The van der Waals surface area contributed by atoms with Crippen molar-refractivity contribution in [3.63, 3.8) is 0 Å². The van der Waals surface area contributed by atoms with Gasteiger partial charge in [0.2, 0.25) is 0 Å². The predicted molar refractivity (Wildman–Crippen MR) is 89.2 cm³/mol. The van der Waals surface area contributed by atoms with Crippen LogP contribution < -0.4 is 15.1 Å². The minimum absolute atomic E-state index is 0.0190. The Balaban J connectivity index is 1.49. The van der Waals surface area contributed by atoms with Crippen LogP contribution in [0.1, 0.15) is 0 Å². The van der Waals surface area contributed by atoms with E-state index in [0.29, 0.717) is 12.2 Å². The molecule has 1 aliphatic rings. The van der Waals surface area contributed by atoms with Crippen molar-refractivity contribution in [2.45, 2.75) is 0 Å². The number of benzene rings is 2. The lowest BCUT2D eigenvalue weighted by Gasteiger charge is -2.33. The highest BCUT2D eigenvalue weighted by atomic mass is 19.1. The van der Waals surface area contributed by atoms with Crippen LogP contribution in [0.3, 0.4) is 0 Å². The van der Waals surface area contributed by atoms with E-state index in [1.165, 1.54) is 11.0 Å². The minimum Gasteiger partial charge on any atom is -0.358 e. The van der Waals surface area contributed by atoms with E-state index in [1.54, 1.807) is 6.07 Å². The average Bonchev–Trinajstić information content (AvgIpc) is 2.57. The second kappa shape index (κ2) is 7.24. The highest BCUT2D eigenvalue weighted by molar-refractivity contribution is 5.91. The van der Waals surface area contributed by atoms with E-state index < -0.39 is 0 Å². The molecule has 23 heavy (non-hydrogen) atoms. The van der Waals surface area contributed by atoms with Crippen LogP contribution in [0.25, 0.3) is 0 Å². The van der Waals surface area contributed by atoms with Gasteiger partial charge in [-0.1, -0.05) is 30.3 Å². The molecule has 0 atom stereocenters. The molecule has 1 heterocycles. The monoisotopic (exact) mass is 314 g/mol. The van der Waals surface area contributed by atoms with Crippen LogP contribution in [0.4, 0.5) is 15.8 Å². The first kappa shape index (κ1) is 15.5. The molecule has 120 valence electrons. The third-order valence-electron chi connectivity index (χ3n) is 4.13. The fourth-order valence-corrected chi connectivity index (χ4v) is 2.90. The summed E-state index contributed by atoms with van der Waals surface area (Å²) in [5, 5.41) is 2.91. The van der Waals surface area contributed by atoms with E-state index in [-0.39, 0.29) is 11.7 Å². The summed E-state index contributed by atoms with van der Waals surface area (Å²) in [5.41, 5.74) is 1.47. The second-order valence-electron chi connectivity index (χ2n) is 5.78. The van der Waals surface area contributed by atoms with Crippen LogP contribution in [-0.2, 0) is 4.79 Å². The summed E-state index contributed by atoms with van der Waals surface area (Å²) in [7, 11) is 0. The van der Waals surface area contributed by atoms with E-state index in [1.807, 2.05) is 47.4 Å². The number of carbonyl (C=O) groups is 1. The number of amides is 1. The van der Waals surface area contributed by atoms with Crippen molar-refractivity contribution in [1.29, 1.82) is 0 Å². The summed E-state index contributed by atoms with van der Waals surface area (Å²) in [6.07, 6.45) is 0. The average molecular weight is 314 g/mol. The maximum absolute atomic E-state index is 13.8. The molecule has 1 fully saturated rings. The number of quaternary nitrogens is 1. The molecular weight excluding hydrogens is 293 g/mol. The molecule has 0 radical (unpaired) electrons. The van der Waals surface area contributed by atoms with E-state index in [4.69, 9.17) is 0 Å². The molecule has 0 unspecified atom stereocenters. The van der Waals surface area contributed by atoms with Crippen molar-refractivity contribution < 1.29 is 14.1 Å². The van der Waals surface area contributed by atoms with Crippen molar-refractivity contribution in [1.82, 2.24) is 0 Å². The van der Waals surface area contributed by atoms with Crippen LogP contribution in [0, 0.1) is 5.82 Å². The van der Waals surface area contributed by atoms with Crippen LogP contribution in [0.2, 0.25) is 0 Å². The predicted octanol–water partition coefficient (Wildman–Crippen LogP) is 1.17. The summed E-state index contributed by atoms with van der Waals surface area (Å²) in [6.45, 7) is 3.62. The first-order chi connectivity index (χ1) is 11.2. The highest BCUT2D eigenvalue weighted by Crippen LogP contribution is 2.18. The Bertz CT molecular complexity index is 654. The Kier molecular flexibility index (Phi) is 4.88. The van der Waals surface area contributed by atoms with E-state index in [2.05, 4.69) is 5.32 Å². The number of para-hydroxylation sites is 2. The number of carbonyl (C=O) groups excluding carboxylic acids is 1. The highest BCUT2D eigenvalue weighted by Gasteiger charge is 2.23. The summed E-state index contributed by atoms with van der Waals surface area (Å²) < 4.78 is 13.8. The lowest BCUT2D eigenvalue weighted by molar-refractivity contribution is -0.892. The topological polar surface area (TPSA) is 36.8 Å². The number of nitrogens with one attached hydrogen (secondary N) is 2. The van der Waals surface area contributed by atoms with Crippen molar-refractivity contribution in [3.05, 3.63) is 60.4 Å². The molecule has 2 aromatic rings. The second-order valence-corrected chi connectivity index (χ2v) is 5.78. The Morgan fingerprint density at radius 3 is 2.39 bits per heavy atom. The molecule has 1 aliphatic heterocycles. The maximum atomic E-state index is 13.8. The van der Waals surface area contributed by atoms with Gasteiger partial charge in [0.05, 0.1) is 31.9 Å². The molecule has 0 aromatic heterocycles. The normalized spacial score (nSPS) is 15.4. The van der Waals surface area contributed by atoms with Gasteiger partial charge in [-0.25, -0.2) is 4.39 Å². The van der Waals surface area contributed by atoms with E-state index >= 15 is 0 Å². The Morgan fingerprint density at radius 2 is 1.70 bits per heavy atom. The fourth-order valence-electron chi connectivity index (χ4n) is 2.90. The smallest absolute Gasteiger partial charge is 0.279 e. The minimum atomic E-state index is -0.183. The molecule has 0 bridgehead atoms. The molecule has 0 saturated carbocycles. The SMILES string of the molecule is O=C(C[NH+]1CCN(c2ccccc2F)CC1)Nc1ccccc1. The zero-order valence-electron chi connectivity index (χ0n) is 13.0. The molecule has 1 saturated heterocycles. The third kappa shape index (κ3) is 4.07. The molecule has 5 heteroatoms. The van der Waals surface area contributed by atoms with Gasteiger partial charge in [0, 0.05) is 5.69 Å². The summed E-state index contributed by atoms with van der Waals surface area (Å²) in [4.78, 5) is 15.4. The summed E-state index contributed by atoms with van der Waals surface area (Å²) >= 11 is 0. The quantitative estimate of drug-likeness (QED) is 0.889. The number of piperazine rings is 1. The molecule has 2 aromatic carbocycles. The van der Waals surface area contributed by atoms with Gasteiger partial charge < -0.3 is 15.1 Å². The van der Waals surface area contributed by atoms with Crippen molar-refractivity contribution >= 4 is 17.3 Å². The number of hydrogen-bond donors (Lipinski definition) is 2. The number of nitrogens with zero attached hydrogens (tertiary/aromatic N) is 1. The van der Waals surface area contributed by atoms with Crippen molar-refractivity contribution in [2.75, 3.05) is 42.9 Å². The number of anilines is 2. The first-order valence-electron chi connectivity index (χ1n) is 7.90. The molecule has 4 nitrogen and oxygen atoms in total. The molecule has 0 aliphatic carbocycles. The van der Waals surface area contributed by atoms with Gasteiger partial charge >= 0.3 is 0 Å². The van der Waals surface area contributed by atoms with Crippen molar-refractivity contribution in [3.8, 4) is 0 Å². The number of rotatable bonds is 4. The summed E-state index contributed by atoms with van der Waals surface area (Å²) in [6, 6.07) is 16.3. The molecule has 2 N–H and O–H groups in total. The fraction of sp³-hybridized carbons (Fsp3) is 0.278. The van der Waals surface area contributed by atoms with Gasteiger partial charge in [-0.2, -0.15) is 0 Å². The first-order valence-corrected chi connectivity index (χ1v) is 7.90. The largest absolute Gasteiger partial charge is 0.358 e. The van der Waals surface area contributed by atoms with Gasteiger partial charge in [0.1, 0.15) is 5.82 Å². The number of halogens is 1. The lowest BCUT2D eigenvalue weighted by Crippen LogP contribution is -3.15. The van der Waals surface area contributed by atoms with Crippen LogP contribution in [0.15, 0.2) is 54.6 Å². The van der Waals surface area contributed by atoms with E-state index in [0.717, 1.165) is 31.9 Å². The third-order valence-corrected chi connectivity index (χ3v) is 4.13. The Morgan fingerprint density at radius 1 is 1.04 bits per heavy atom. The molecular formula is C18H21FN3O+. The maximum Gasteiger partial charge on any atom is 0.279 e. The molecule has 1 amide bonds. The summed E-state index contributed by atoms with van der Waals surface area (Å²) in [5.74, 6) is -0.164. The van der Waals surface area contributed by atoms with Crippen LogP contribution in [0.5, 0.6) is 0 Å². The van der Waals surface area contributed by atoms with Gasteiger partial charge in [-0.3, -0.25) is 4.79 Å². The van der Waals surface area contributed by atoms with E-state index in [9.17, 15) is 9.18 Å². The van der Waals surface area contributed by atoms with Crippen LogP contribution in [-0.4, -0.2) is 38.6 Å². The standard InChI is InChI=1S/C18H20FN3O/c19-16-8-4-5-9-17(16)22-12-10-21(11-13-22)14-18(23)20-15-6-2-1-3-7-15/h1-9H,10-14H2,(H,20,23)/p+1. The molecule has 0 spiro atoms. The zero-order chi connectivity index (χ0) is 16.1. The van der Waals surface area contributed by atoms with Crippen molar-refractivity contribution in [2.24, 2.45) is 0 Å². The Labute approximate surface area is 135 Å². The lowest BCUT2D eigenvalue weighted by atomic mass is 10.2. The van der Waals surface area contributed by atoms with Crippen LogP contribution >= 0.6 is 0 Å². The van der Waals surface area contributed by atoms with Gasteiger partial charge in [0.15, 0.2) is 6.54 Å². The van der Waals surface area contributed by atoms with Gasteiger partial charge in [0.25, 0.3) is 5.91 Å². The Hall–Kier alpha value is -2.40. The zero-order valence-corrected chi connectivity index (χ0v) is 13.0. The van der Waals surface area contributed by atoms with Gasteiger partial charge in [-0.15, -0.1) is 0 Å². The number of hydrogen-bond acceptors (Lipinski definition) is 2.